The van der Waals surface area contributed by atoms with Crippen LogP contribution in [0.2, 0.25) is 0 Å². The molecule has 1 unspecified atom stereocenters. The Bertz CT molecular complexity index is 663. The predicted octanol–water partition coefficient (Wildman–Crippen LogP) is 0.806. The quantitative estimate of drug-likeness (QED) is 0.603. The van der Waals surface area contributed by atoms with Gasteiger partial charge in [-0.2, -0.15) is 4.98 Å². The van der Waals surface area contributed by atoms with Gasteiger partial charge >= 0.3 is 5.69 Å². The number of nitrogens with zero attached hydrogens (tertiary/aromatic N) is 3. The third-order valence-corrected chi connectivity index (χ3v) is 5.13. The lowest BCUT2D eigenvalue weighted by atomic mass is 10.0. The highest BCUT2D eigenvalue weighted by Crippen LogP contribution is 2.31. The molecular formula is C11H17N5O4S. The van der Waals surface area contributed by atoms with Gasteiger partial charge in [-0.25, -0.2) is 13.4 Å². The van der Waals surface area contributed by atoms with Crippen molar-refractivity contribution in [3.05, 3.63) is 16.3 Å². The topological polar surface area (TPSA) is 127 Å². The molecule has 0 spiro atoms. The zero-order valence-corrected chi connectivity index (χ0v) is 12.6. The Labute approximate surface area is 122 Å². The summed E-state index contributed by atoms with van der Waals surface area (Å²) < 4.78 is 23.2. The summed E-state index contributed by atoms with van der Waals surface area (Å²) in [4.78, 5) is 18.4. The maximum Gasteiger partial charge on any atom is 0.329 e. The van der Waals surface area contributed by atoms with Crippen LogP contribution in [-0.4, -0.2) is 46.9 Å². The maximum atomic E-state index is 11.6. The van der Waals surface area contributed by atoms with Crippen LogP contribution in [-0.2, 0) is 9.84 Å². The van der Waals surface area contributed by atoms with Crippen LogP contribution in [0.15, 0.2) is 6.20 Å². The summed E-state index contributed by atoms with van der Waals surface area (Å²) in [5.41, 5.74) is -1.04. The highest BCUT2D eigenvalue weighted by Gasteiger charge is 2.40. The molecule has 0 aliphatic carbocycles. The Morgan fingerprint density at radius 1 is 1.52 bits per heavy atom. The first-order valence-corrected chi connectivity index (χ1v) is 8.31. The van der Waals surface area contributed by atoms with Gasteiger partial charge in [-0.3, -0.25) is 10.1 Å². The molecule has 2 rings (SSSR count). The molecule has 0 radical (unpaired) electrons. The molecule has 1 atom stereocenters. The third kappa shape index (κ3) is 3.57. The summed E-state index contributed by atoms with van der Waals surface area (Å²) >= 11 is 0. The van der Waals surface area contributed by atoms with Crippen LogP contribution >= 0.6 is 0 Å². The SMILES string of the molecule is CCNc1ncc([N+](=O)[O-])c(NC2(C)CCS(=O)(=O)C2)n1. The predicted molar refractivity (Wildman–Crippen MR) is 78.1 cm³/mol. The molecule has 0 bridgehead atoms. The van der Waals surface area contributed by atoms with Gasteiger partial charge < -0.3 is 10.6 Å². The number of rotatable bonds is 5. The second-order valence-corrected chi connectivity index (χ2v) is 7.43. The molecule has 1 aromatic heterocycles. The van der Waals surface area contributed by atoms with E-state index < -0.39 is 20.3 Å². The van der Waals surface area contributed by atoms with Gasteiger partial charge in [-0.05, 0) is 20.3 Å². The number of nitro groups is 1. The van der Waals surface area contributed by atoms with E-state index in [9.17, 15) is 18.5 Å². The van der Waals surface area contributed by atoms with E-state index in [2.05, 4.69) is 20.6 Å². The van der Waals surface area contributed by atoms with Crippen molar-refractivity contribution in [1.82, 2.24) is 9.97 Å². The number of sulfone groups is 1. The molecule has 0 saturated carbocycles. The summed E-state index contributed by atoms with van der Waals surface area (Å²) in [6.07, 6.45) is 1.49. The van der Waals surface area contributed by atoms with Crippen LogP contribution in [0.25, 0.3) is 0 Å². The molecule has 10 heteroatoms. The first-order valence-electron chi connectivity index (χ1n) is 6.48. The van der Waals surface area contributed by atoms with E-state index in [-0.39, 0.29) is 29.0 Å². The van der Waals surface area contributed by atoms with Gasteiger partial charge in [-0.15, -0.1) is 0 Å². The maximum absolute atomic E-state index is 11.6. The highest BCUT2D eigenvalue weighted by atomic mass is 32.2. The Morgan fingerprint density at radius 2 is 2.24 bits per heavy atom. The monoisotopic (exact) mass is 315 g/mol. The minimum atomic E-state index is -3.12. The van der Waals surface area contributed by atoms with E-state index in [4.69, 9.17) is 0 Å². The van der Waals surface area contributed by atoms with Crippen molar-refractivity contribution in [1.29, 1.82) is 0 Å². The second kappa shape index (κ2) is 5.43. The molecule has 1 aliphatic rings. The van der Waals surface area contributed by atoms with E-state index in [0.717, 1.165) is 6.20 Å². The van der Waals surface area contributed by atoms with Crippen LogP contribution < -0.4 is 10.6 Å². The van der Waals surface area contributed by atoms with E-state index in [1.54, 1.807) is 6.92 Å². The second-order valence-electron chi connectivity index (χ2n) is 5.24. The first kappa shape index (κ1) is 15.4. The van der Waals surface area contributed by atoms with Gasteiger partial charge in [0.15, 0.2) is 9.84 Å². The van der Waals surface area contributed by atoms with Gasteiger partial charge in [0, 0.05) is 6.54 Å². The van der Waals surface area contributed by atoms with Crippen LogP contribution in [0.3, 0.4) is 0 Å². The zero-order chi connectivity index (χ0) is 15.7. The standard InChI is InChI=1S/C11H17N5O4S/c1-3-12-10-13-6-8(16(17)18)9(14-10)15-11(2)4-5-21(19,20)7-11/h6H,3-5,7H2,1-2H3,(H2,12,13,14,15). The number of nitrogens with one attached hydrogen (secondary N) is 2. The summed E-state index contributed by atoms with van der Waals surface area (Å²) in [5.74, 6) is 0.285. The number of anilines is 2. The molecule has 2 heterocycles. The lowest BCUT2D eigenvalue weighted by molar-refractivity contribution is -0.384. The number of hydrogen-bond donors (Lipinski definition) is 2. The Balaban J connectivity index is 2.33. The molecule has 21 heavy (non-hydrogen) atoms. The fraction of sp³-hybridized carbons (Fsp3) is 0.636. The van der Waals surface area contributed by atoms with Gasteiger partial charge in [0.2, 0.25) is 11.8 Å². The molecule has 1 aliphatic heterocycles. The lowest BCUT2D eigenvalue weighted by Gasteiger charge is -2.24. The summed E-state index contributed by atoms with van der Waals surface area (Å²) in [5, 5.41) is 16.8. The van der Waals surface area contributed by atoms with Gasteiger partial charge in [0.25, 0.3) is 0 Å². The molecule has 116 valence electrons. The number of aromatic nitrogens is 2. The summed E-state index contributed by atoms with van der Waals surface area (Å²) in [6.45, 7) is 4.14. The van der Waals surface area contributed by atoms with Gasteiger partial charge in [0.05, 0.1) is 22.0 Å². The molecular weight excluding hydrogens is 298 g/mol. The minimum Gasteiger partial charge on any atom is -0.358 e. The van der Waals surface area contributed by atoms with Crippen molar-refractivity contribution in [3.8, 4) is 0 Å². The average Bonchev–Trinajstić information content (AvgIpc) is 2.63. The highest BCUT2D eigenvalue weighted by molar-refractivity contribution is 7.91. The van der Waals surface area contributed by atoms with E-state index >= 15 is 0 Å². The average molecular weight is 315 g/mol. The molecule has 0 amide bonds. The Hall–Kier alpha value is -1.97. The van der Waals surface area contributed by atoms with Crippen molar-refractivity contribution < 1.29 is 13.3 Å². The zero-order valence-electron chi connectivity index (χ0n) is 11.8. The van der Waals surface area contributed by atoms with Crippen molar-refractivity contribution in [2.75, 3.05) is 28.7 Å². The molecule has 1 aromatic rings. The summed E-state index contributed by atoms with van der Waals surface area (Å²) in [6, 6.07) is 0. The fourth-order valence-corrected chi connectivity index (χ4v) is 4.33. The Morgan fingerprint density at radius 3 is 2.76 bits per heavy atom. The summed E-state index contributed by atoms with van der Waals surface area (Å²) in [7, 11) is -3.12. The van der Waals surface area contributed by atoms with Gasteiger partial charge in [-0.1, -0.05) is 0 Å². The van der Waals surface area contributed by atoms with E-state index in [1.807, 2.05) is 6.92 Å². The van der Waals surface area contributed by atoms with Crippen LogP contribution in [0.1, 0.15) is 20.3 Å². The third-order valence-electron chi connectivity index (χ3n) is 3.22. The van der Waals surface area contributed by atoms with Crippen molar-refractivity contribution in [2.45, 2.75) is 25.8 Å². The first-order chi connectivity index (χ1) is 9.75. The molecule has 0 aromatic carbocycles. The molecule has 2 N–H and O–H groups in total. The van der Waals surface area contributed by atoms with Crippen molar-refractivity contribution >= 4 is 27.3 Å². The fourth-order valence-electron chi connectivity index (χ4n) is 2.24. The van der Waals surface area contributed by atoms with Crippen molar-refractivity contribution in [3.63, 3.8) is 0 Å². The molecule has 9 nitrogen and oxygen atoms in total. The molecule has 1 fully saturated rings. The molecule has 1 saturated heterocycles. The van der Waals surface area contributed by atoms with Crippen LogP contribution in [0.4, 0.5) is 17.5 Å². The van der Waals surface area contributed by atoms with E-state index in [1.165, 1.54) is 0 Å². The smallest absolute Gasteiger partial charge is 0.329 e. The van der Waals surface area contributed by atoms with E-state index in [0.29, 0.717) is 13.0 Å². The minimum absolute atomic E-state index is 0.0329. The lowest BCUT2D eigenvalue weighted by Crippen LogP contribution is -2.36. The Kier molecular flexibility index (Phi) is 3.99. The van der Waals surface area contributed by atoms with Crippen molar-refractivity contribution in [2.24, 2.45) is 0 Å². The number of hydrogen-bond acceptors (Lipinski definition) is 8. The largest absolute Gasteiger partial charge is 0.358 e. The van der Waals surface area contributed by atoms with Crippen LogP contribution in [0, 0.1) is 10.1 Å². The normalized spacial score (nSPS) is 23.7. The van der Waals surface area contributed by atoms with Gasteiger partial charge in [0.1, 0.15) is 6.20 Å². The van der Waals surface area contributed by atoms with Crippen LogP contribution in [0.5, 0.6) is 0 Å².